The number of anilines is 1. The van der Waals surface area contributed by atoms with Crippen LogP contribution in [0.3, 0.4) is 0 Å². The highest BCUT2D eigenvalue weighted by Gasteiger charge is 2.05. The van der Waals surface area contributed by atoms with Gasteiger partial charge >= 0.3 is 0 Å². The third-order valence-electron chi connectivity index (χ3n) is 2.13. The van der Waals surface area contributed by atoms with Crippen LogP contribution >= 0.6 is 22.9 Å². The lowest BCUT2D eigenvalue weighted by Crippen LogP contribution is -2.06. The average Bonchev–Trinajstić information content (AvgIpc) is 2.70. The number of hydrogen-bond donors (Lipinski definition) is 1. The van der Waals surface area contributed by atoms with Crippen LogP contribution in [-0.4, -0.2) is 10.9 Å². The standard InChI is InChI=1S/C13H11ClN2OS/c1-2-3-4-5-12(17)16-13-15-10-7-6-9(14)8-11(10)18-13/h2-8H,1H3,(H,15,16,17)/b3-2+,5-4+. The number of nitrogens with one attached hydrogen (secondary N) is 1. The molecule has 0 saturated carbocycles. The predicted octanol–water partition coefficient (Wildman–Crippen LogP) is 4.02. The molecule has 0 saturated heterocycles. The molecule has 0 bridgehead atoms. The molecule has 3 nitrogen and oxygen atoms in total. The van der Waals surface area contributed by atoms with Gasteiger partial charge in [-0.2, -0.15) is 0 Å². The molecule has 0 unspecified atom stereocenters. The van der Waals surface area contributed by atoms with Gasteiger partial charge in [-0.15, -0.1) is 0 Å². The van der Waals surface area contributed by atoms with E-state index >= 15 is 0 Å². The quantitative estimate of drug-likeness (QED) is 0.680. The maximum atomic E-state index is 11.5. The van der Waals surface area contributed by atoms with Crippen molar-refractivity contribution >= 4 is 44.2 Å². The highest BCUT2D eigenvalue weighted by molar-refractivity contribution is 7.22. The monoisotopic (exact) mass is 278 g/mol. The molecule has 0 aliphatic rings. The molecule has 2 aromatic rings. The van der Waals surface area contributed by atoms with E-state index in [1.165, 1.54) is 17.4 Å². The second-order valence-corrected chi connectivity index (χ2v) is 4.97. The Morgan fingerprint density at radius 2 is 2.28 bits per heavy atom. The van der Waals surface area contributed by atoms with Crippen molar-refractivity contribution in [3.63, 3.8) is 0 Å². The third-order valence-corrected chi connectivity index (χ3v) is 3.30. The maximum absolute atomic E-state index is 11.5. The number of carbonyl (C=O) groups is 1. The van der Waals surface area contributed by atoms with Gasteiger partial charge in [-0.25, -0.2) is 4.98 Å². The Hall–Kier alpha value is -1.65. The van der Waals surface area contributed by atoms with Gasteiger partial charge in [0.1, 0.15) is 0 Å². The summed E-state index contributed by atoms with van der Waals surface area (Å²) in [5.41, 5.74) is 0.831. The van der Waals surface area contributed by atoms with Gasteiger partial charge in [-0.3, -0.25) is 10.1 Å². The van der Waals surface area contributed by atoms with Crippen molar-refractivity contribution in [1.29, 1.82) is 0 Å². The fourth-order valence-electron chi connectivity index (χ4n) is 1.35. The number of allylic oxidation sites excluding steroid dienone is 3. The van der Waals surface area contributed by atoms with Crippen molar-refractivity contribution in [1.82, 2.24) is 4.98 Å². The summed E-state index contributed by atoms with van der Waals surface area (Å²) in [4.78, 5) is 15.8. The van der Waals surface area contributed by atoms with Crippen LogP contribution in [0, 0.1) is 0 Å². The molecule has 1 N–H and O–H groups in total. The Morgan fingerprint density at radius 3 is 3.06 bits per heavy atom. The van der Waals surface area contributed by atoms with Crippen LogP contribution in [0.15, 0.2) is 42.5 Å². The minimum absolute atomic E-state index is 0.196. The Labute approximate surface area is 114 Å². The van der Waals surface area contributed by atoms with Crippen molar-refractivity contribution < 1.29 is 4.79 Å². The van der Waals surface area contributed by atoms with Gasteiger partial charge in [0.15, 0.2) is 5.13 Å². The molecule has 18 heavy (non-hydrogen) atoms. The normalized spacial score (nSPS) is 11.7. The van der Waals surface area contributed by atoms with E-state index in [0.29, 0.717) is 10.2 Å². The number of carbonyl (C=O) groups excluding carboxylic acids is 1. The summed E-state index contributed by atoms with van der Waals surface area (Å²) in [6.45, 7) is 1.89. The van der Waals surface area contributed by atoms with E-state index in [9.17, 15) is 4.79 Å². The van der Waals surface area contributed by atoms with Crippen LogP contribution in [0.5, 0.6) is 0 Å². The number of fused-ring (bicyclic) bond motifs is 1. The van der Waals surface area contributed by atoms with Gasteiger partial charge in [0.05, 0.1) is 10.2 Å². The van der Waals surface area contributed by atoms with Crippen molar-refractivity contribution in [2.75, 3.05) is 5.32 Å². The van der Waals surface area contributed by atoms with Crippen LogP contribution in [-0.2, 0) is 4.79 Å². The second-order valence-electron chi connectivity index (χ2n) is 3.51. The molecule has 0 aliphatic carbocycles. The molecule has 0 spiro atoms. The zero-order valence-corrected chi connectivity index (χ0v) is 11.3. The molecule has 1 aromatic carbocycles. The summed E-state index contributed by atoms with van der Waals surface area (Å²) in [5, 5.41) is 3.95. The molecule has 1 aromatic heterocycles. The number of rotatable bonds is 3. The van der Waals surface area contributed by atoms with Gasteiger partial charge in [0.25, 0.3) is 0 Å². The minimum atomic E-state index is -0.196. The Morgan fingerprint density at radius 1 is 1.44 bits per heavy atom. The first-order valence-corrected chi connectivity index (χ1v) is 6.55. The van der Waals surface area contributed by atoms with Crippen molar-refractivity contribution in [2.45, 2.75) is 6.92 Å². The lowest BCUT2D eigenvalue weighted by atomic mass is 10.3. The topological polar surface area (TPSA) is 42.0 Å². The van der Waals surface area contributed by atoms with Crippen molar-refractivity contribution in [2.24, 2.45) is 0 Å². The number of hydrogen-bond acceptors (Lipinski definition) is 3. The molecule has 5 heteroatoms. The first kappa shape index (κ1) is 12.8. The van der Waals surface area contributed by atoms with E-state index in [0.717, 1.165) is 10.2 Å². The van der Waals surface area contributed by atoms with Gasteiger partial charge in [0.2, 0.25) is 5.91 Å². The number of nitrogens with zero attached hydrogens (tertiary/aromatic N) is 1. The first-order valence-electron chi connectivity index (χ1n) is 5.35. The van der Waals surface area contributed by atoms with E-state index in [2.05, 4.69) is 10.3 Å². The van der Waals surface area contributed by atoms with Crippen LogP contribution in [0.4, 0.5) is 5.13 Å². The van der Waals surface area contributed by atoms with E-state index in [4.69, 9.17) is 11.6 Å². The summed E-state index contributed by atoms with van der Waals surface area (Å²) in [6.07, 6.45) is 6.78. The lowest BCUT2D eigenvalue weighted by Gasteiger charge is -1.93. The van der Waals surface area contributed by atoms with Gasteiger partial charge in [-0.1, -0.05) is 41.2 Å². The number of amides is 1. The fraction of sp³-hybridized carbons (Fsp3) is 0.0769. The summed E-state index contributed by atoms with van der Waals surface area (Å²) in [6, 6.07) is 5.44. The summed E-state index contributed by atoms with van der Waals surface area (Å²) in [5.74, 6) is -0.196. The number of benzene rings is 1. The number of thiazole rings is 1. The summed E-state index contributed by atoms with van der Waals surface area (Å²) < 4.78 is 0.954. The third kappa shape index (κ3) is 3.18. The molecule has 0 atom stereocenters. The number of halogens is 1. The molecule has 2 rings (SSSR count). The minimum Gasteiger partial charge on any atom is -0.298 e. The number of aromatic nitrogens is 1. The summed E-state index contributed by atoms with van der Waals surface area (Å²) in [7, 11) is 0. The van der Waals surface area contributed by atoms with Crippen molar-refractivity contribution in [3.05, 3.63) is 47.5 Å². The molecular weight excluding hydrogens is 268 g/mol. The largest absolute Gasteiger partial charge is 0.298 e. The molecule has 1 heterocycles. The van der Waals surface area contributed by atoms with Gasteiger partial charge in [0, 0.05) is 11.1 Å². The predicted molar refractivity (Wildman–Crippen MR) is 77.2 cm³/mol. The van der Waals surface area contributed by atoms with E-state index in [-0.39, 0.29) is 5.91 Å². The van der Waals surface area contributed by atoms with Gasteiger partial charge < -0.3 is 0 Å². The molecule has 1 amide bonds. The van der Waals surface area contributed by atoms with Crippen LogP contribution < -0.4 is 5.32 Å². The van der Waals surface area contributed by atoms with Crippen LogP contribution in [0.1, 0.15) is 6.92 Å². The zero-order chi connectivity index (χ0) is 13.0. The first-order chi connectivity index (χ1) is 8.69. The second kappa shape index (κ2) is 5.80. The Bertz CT molecular complexity index is 631. The van der Waals surface area contributed by atoms with E-state index in [1.807, 2.05) is 25.1 Å². The van der Waals surface area contributed by atoms with E-state index in [1.54, 1.807) is 18.2 Å². The SMILES string of the molecule is C/C=C/C=C/C(=O)Nc1nc2ccc(Cl)cc2s1. The molecule has 0 radical (unpaired) electrons. The average molecular weight is 279 g/mol. The Kier molecular flexibility index (Phi) is 4.12. The highest BCUT2D eigenvalue weighted by atomic mass is 35.5. The zero-order valence-electron chi connectivity index (χ0n) is 9.68. The van der Waals surface area contributed by atoms with Gasteiger partial charge in [-0.05, 0) is 25.1 Å². The summed E-state index contributed by atoms with van der Waals surface area (Å²) >= 11 is 7.29. The van der Waals surface area contributed by atoms with Crippen LogP contribution in [0.25, 0.3) is 10.2 Å². The van der Waals surface area contributed by atoms with E-state index < -0.39 is 0 Å². The molecular formula is C13H11ClN2OS. The van der Waals surface area contributed by atoms with Crippen LogP contribution in [0.2, 0.25) is 5.02 Å². The highest BCUT2D eigenvalue weighted by Crippen LogP contribution is 2.28. The molecule has 0 aliphatic heterocycles. The molecule has 92 valence electrons. The maximum Gasteiger partial charge on any atom is 0.250 e. The lowest BCUT2D eigenvalue weighted by molar-refractivity contribution is -0.111. The smallest absolute Gasteiger partial charge is 0.250 e. The van der Waals surface area contributed by atoms with Crippen molar-refractivity contribution in [3.8, 4) is 0 Å². The Balaban J connectivity index is 2.14. The fourth-order valence-corrected chi connectivity index (χ4v) is 2.50. The molecule has 0 fully saturated rings.